The molecule has 0 radical (unpaired) electrons. The molecular weight excluding hydrogens is 425 g/mol. The van der Waals surface area contributed by atoms with Gasteiger partial charge < -0.3 is 15.5 Å². The zero-order valence-electron chi connectivity index (χ0n) is 18.4. The molecule has 3 aromatic rings. The van der Waals surface area contributed by atoms with Gasteiger partial charge in [-0.25, -0.2) is 24.3 Å². The highest BCUT2D eigenvalue weighted by Crippen LogP contribution is 2.33. The van der Waals surface area contributed by atoms with Crippen LogP contribution in [0.2, 0.25) is 0 Å². The molecule has 168 valence electrons. The normalized spacial score (nSPS) is 14.4. The molecular formula is C23H28FN7S. The number of anilines is 4. The van der Waals surface area contributed by atoms with Crippen LogP contribution in [0.5, 0.6) is 0 Å². The Kier molecular flexibility index (Phi) is 6.94. The van der Waals surface area contributed by atoms with Gasteiger partial charge in [-0.3, -0.25) is 0 Å². The van der Waals surface area contributed by atoms with Crippen molar-refractivity contribution in [3.8, 4) is 10.6 Å². The third kappa shape index (κ3) is 5.04. The molecule has 32 heavy (non-hydrogen) atoms. The Bertz CT molecular complexity index is 1060. The third-order valence-corrected chi connectivity index (χ3v) is 6.90. The molecule has 3 aromatic heterocycles. The predicted octanol–water partition coefficient (Wildman–Crippen LogP) is 5.41. The maximum atomic E-state index is 14.4. The number of pyridine rings is 1. The summed E-state index contributed by atoms with van der Waals surface area (Å²) in [5.41, 5.74) is 2.06. The van der Waals surface area contributed by atoms with E-state index in [0.717, 1.165) is 36.8 Å². The van der Waals surface area contributed by atoms with Gasteiger partial charge >= 0.3 is 0 Å². The Labute approximate surface area is 191 Å². The van der Waals surface area contributed by atoms with E-state index in [-0.39, 0.29) is 5.69 Å². The van der Waals surface area contributed by atoms with Crippen LogP contribution in [-0.2, 0) is 0 Å². The van der Waals surface area contributed by atoms with Gasteiger partial charge in [-0.15, -0.1) is 6.58 Å². The number of piperidine rings is 1. The molecule has 1 aliphatic heterocycles. The van der Waals surface area contributed by atoms with Crippen LogP contribution in [0.1, 0.15) is 31.4 Å². The van der Waals surface area contributed by atoms with Gasteiger partial charge in [-0.2, -0.15) is 0 Å². The van der Waals surface area contributed by atoms with Gasteiger partial charge in [0.15, 0.2) is 10.9 Å². The lowest BCUT2D eigenvalue weighted by Gasteiger charge is -2.33. The van der Waals surface area contributed by atoms with E-state index in [9.17, 15) is 4.39 Å². The average molecular weight is 454 g/mol. The van der Waals surface area contributed by atoms with Gasteiger partial charge in [0.2, 0.25) is 5.95 Å². The number of nitrogens with one attached hydrogen (secondary N) is 2. The van der Waals surface area contributed by atoms with Crippen molar-refractivity contribution >= 4 is 33.9 Å². The maximum Gasteiger partial charge on any atom is 0.229 e. The monoisotopic (exact) mass is 453 g/mol. The topological polar surface area (TPSA) is 78.9 Å². The van der Waals surface area contributed by atoms with Gasteiger partial charge in [0, 0.05) is 20.1 Å². The molecule has 4 rings (SSSR count). The van der Waals surface area contributed by atoms with Crippen molar-refractivity contribution in [1.29, 1.82) is 0 Å². The van der Waals surface area contributed by atoms with E-state index in [1.54, 1.807) is 7.05 Å². The standard InChI is InChI=1S/C23H28FN7S/c1-4-5-6-16-9-11-31(12-10-16)17-7-8-19(26-13-17)29-22-27-14-18(24)20(30-22)21-15(2)28-23(25-3)32-21/h4,7-8,13-14,16H,1,5-6,9-12H2,2-3H3,(H,25,28)(H,26,27,29,30). The van der Waals surface area contributed by atoms with Gasteiger partial charge in [0.1, 0.15) is 11.5 Å². The second-order valence-corrected chi connectivity index (χ2v) is 8.90. The van der Waals surface area contributed by atoms with Gasteiger partial charge in [0.05, 0.1) is 28.7 Å². The van der Waals surface area contributed by atoms with E-state index < -0.39 is 5.82 Å². The lowest BCUT2D eigenvalue weighted by Crippen LogP contribution is -2.33. The number of nitrogens with zero attached hydrogens (tertiary/aromatic N) is 5. The first-order valence-electron chi connectivity index (χ1n) is 10.8. The zero-order valence-corrected chi connectivity index (χ0v) is 19.3. The minimum absolute atomic E-state index is 0.231. The minimum Gasteiger partial charge on any atom is -0.370 e. The Hall–Kier alpha value is -3.07. The lowest BCUT2D eigenvalue weighted by molar-refractivity contribution is 0.384. The summed E-state index contributed by atoms with van der Waals surface area (Å²) in [6.07, 6.45) is 9.78. The number of halogens is 1. The Morgan fingerprint density at radius 1 is 1.22 bits per heavy atom. The van der Waals surface area contributed by atoms with Crippen molar-refractivity contribution < 1.29 is 4.39 Å². The van der Waals surface area contributed by atoms with Gasteiger partial charge in [-0.1, -0.05) is 17.4 Å². The summed E-state index contributed by atoms with van der Waals surface area (Å²) in [6, 6.07) is 3.96. The fraction of sp³-hybridized carbons (Fsp3) is 0.391. The smallest absolute Gasteiger partial charge is 0.229 e. The Morgan fingerprint density at radius 2 is 2.03 bits per heavy atom. The lowest BCUT2D eigenvalue weighted by atomic mass is 9.92. The van der Waals surface area contributed by atoms with Crippen molar-refractivity contribution in [2.24, 2.45) is 5.92 Å². The molecule has 0 aliphatic carbocycles. The Balaban J connectivity index is 1.43. The molecule has 0 unspecified atom stereocenters. The van der Waals surface area contributed by atoms with E-state index in [2.05, 4.69) is 48.1 Å². The van der Waals surface area contributed by atoms with Crippen molar-refractivity contribution in [3.05, 3.63) is 48.7 Å². The number of allylic oxidation sites excluding steroid dienone is 1. The van der Waals surface area contributed by atoms with Crippen LogP contribution in [0.4, 0.5) is 27.0 Å². The predicted molar refractivity (Wildman–Crippen MR) is 129 cm³/mol. The van der Waals surface area contributed by atoms with Crippen molar-refractivity contribution in [2.75, 3.05) is 35.7 Å². The Morgan fingerprint density at radius 3 is 2.69 bits per heavy atom. The summed E-state index contributed by atoms with van der Waals surface area (Å²) in [5.74, 6) is 1.21. The van der Waals surface area contributed by atoms with E-state index in [4.69, 9.17) is 0 Å². The van der Waals surface area contributed by atoms with E-state index in [0.29, 0.717) is 21.8 Å². The van der Waals surface area contributed by atoms with Gasteiger partial charge in [0.25, 0.3) is 0 Å². The number of rotatable bonds is 8. The van der Waals surface area contributed by atoms with Crippen LogP contribution in [0.15, 0.2) is 37.2 Å². The molecule has 0 atom stereocenters. The first-order valence-corrected chi connectivity index (χ1v) is 11.7. The molecule has 0 aromatic carbocycles. The number of aryl methyl sites for hydroxylation is 1. The fourth-order valence-corrected chi connectivity index (χ4v) is 4.82. The van der Waals surface area contributed by atoms with Crippen molar-refractivity contribution in [3.63, 3.8) is 0 Å². The molecule has 2 N–H and O–H groups in total. The summed E-state index contributed by atoms with van der Waals surface area (Å²) < 4.78 is 14.4. The first-order chi connectivity index (χ1) is 15.6. The van der Waals surface area contributed by atoms with E-state index >= 15 is 0 Å². The summed E-state index contributed by atoms with van der Waals surface area (Å²) in [5, 5.41) is 6.78. The zero-order chi connectivity index (χ0) is 22.5. The first kappa shape index (κ1) is 22.1. The molecule has 0 amide bonds. The van der Waals surface area contributed by atoms with Crippen LogP contribution < -0.4 is 15.5 Å². The minimum atomic E-state index is -0.482. The molecule has 1 fully saturated rings. The number of thiazole rings is 1. The fourth-order valence-electron chi connectivity index (χ4n) is 3.90. The van der Waals surface area contributed by atoms with Crippen LogP contribution >= 0.6 is 11.3 Å². The second-order valence-electron chi connectivity index (χ2n) is 7.90. The molecule has 0 saturated carbocycles. The van der Waals surface area contributed by atoms with E-state index in [1.165, 1.54) is 36.8 Å². The summed E-state index contributed by atoms with van der Waals surface area (Å²) in [7, 11) is 1.78. The average Bonchev–Trinajstić information content (AvgIpc) is 3.20. The van der Waals surface area contributed by atoms with Crippen LogP contribution in [0, 0.1) is 18.7 Å². The SMILES string of the molecule is C=CCCC1CCN(c2ccc(Nc3ncc(F)c(-c4sc(NC)nc4C)n3)nc2)CC1. The molecule has 0 bridgehead atoms. The van der Waals surface area contributed by atoms with Crippen LogP contribution in [0.25, 0.3) is 10.6 Å². The highest BCUT2D eigenvalue weighted by Gasteiger charge is 2.19. The summed E-state index contributed by atoms with van der Waals surface area (Å²) in [4.78, 5) is 20.4. The van der Waals surface area contributed by atoms with E-state index in [1.807, 2.05) is 25.3 Å². The molecule has 1 aliphatic rings. The molecule has 9 heteroatoms. The molecule has 7 nitrogen and oxygen atoms in total. The summed E-state index contributed by atoms with van der Waals surface area (Å²) in [6.45, 7) is 7.75. The summed E-state index contributed by atoms with van der Waals surface area (Å²) >= 11 is 1.36. The number of aromatic nitrogens is 4. The maximum absolute atomic E-state index is 14.4. The van der Waals surface area contributed by atoms with Crippen molar-refractivity contribution in [2.45, 2.75) is 32.6 Å². The largest absolute Gasteiger partial charge is 0.370 e. The second kappa shape index (κ2) is 10.0. The molecule has 4 heterocycles. The molecule has 1 saturated heterocycles. The van der Waals surface area contributed by atoms with Crippen LogP contribution in [-0.4, -0.2) is 40.1 Å². The number of hydrogen-bond donors (Lipinski definition) is 2. The highest BCUT2D eigenvalue weighted by atomic mass is 32.1. The third-order valence-electron chi connectivity index (χ3n) is 5.72. The quantitative estimate of drug-likeness (QED) is 0.442. The van der Waals surface area contributed by atoms with Crippen LogP contribution in [0.3, 0.4) is 0 Å². The molecule has 0 spiro atoms. The van der Waals surface area contributed by atoms with Crippen molar-refractivity contribution in [1.82, 2.24) is 19.9 Å². The number of hydrogen-bond acceptors (Lipinski definition) is 8. The van der Waals surface area contributed by atoms with Gasteiger partial charge in [-0.05, 0) is 50.7 Å². The highest BCUT2D eigenvalue weighted by molar-refractivity contribution is 7.19.